The predicted molar refractivity (Wildman–Crippen MR) is 60.1 cm³/mol. The molecule has 1 aromatic carbocycles. The molecule has 0 heterocycles. The van der Waals surface area contributed by atoms with E-state index in [2.05, 4.69) is 15.9 Å². The predicted octanol–water partition coefficient (Wildman–Crippen LogP) is 2.12. The molecule has 15 heavy (non-hydrogen) atoms. The second-order valence-electron chi connectivity index (χ2n) is 4.08. The van der Waals surface area contributed by atoms with E-state index in [0.29, 0.717) is 10.9 Å². The summed E-state index contributed by atoms with van der Waals surface area (Å²) < 4.78 is 13.7. The number of benzene rings is 1. The van der Waals surface area contributed by atoms with E-state index in [1.54, 1.807) is 13.0 Å². The molecule has 2 N–H and O–H groups in total. The Bertz CT molecular complexity index is 317. The van der Waals surface area contributed by atoms with Crippen molar-refractivity contribution in [2.45, 2.75) is 13.3 Å². The van der Waals surface area contributed by atoms with Gasteiger partial charge in [-0.3, -0.25) is 0 Å². The first-order valence-corrected chi connectivity index (χ1v) is 5.45. The maximum atomic E-state index is 13.1. The van der Waals surface area contributed by atoms with Crippen molar-refractivity contribution in [3.8, 4) is 0 Å². The fourth-order valence-corrected chi connectivity index (χ4v) is 1.88. The van der Waals surface area contributed by atoms with Gasteiger partial charge in [0, 0.05) is 9.89 Å². The molecular formula is C11H14BrFO2. The molecule has 0 aliphatic heterocycles. The highest BCUT2D eigenvalue weighted by molar-refractivity contribution is 9.10. The summed E-state index contributed by atoms with van der Waals surface area (Å²) in [5.41, 5.74) is 0.153. The average Bonchev–Trinajstić information content (AvgIpc) is 2.16. The van der Waals surface area contributed by atoms with Crippen LogP contribution in [-0.4, -0.2) is 23.4 Å². The van der Waals surface area contributed by atoms with Gasteiger partial charge < -0.3 is 10.2 Å². The van der Waals surface area contributed by atoms with Crippen LogP contribution in [0.1, 0.15) is 12.5 Å². The molecule has 0 atom stereocenters. The van der Waals surface area contributed by atoms with Crippen molar-refractivity contribution in [2.75, 3.05) is 13.2 Å². The minimum atomic E-state index is -0.604. The minimum absolute atomic E-state index is 0.127. The van der Waals surface area contributed by atoms with E-state index < -0.39 is 5.41 Å². The van der Waals surface area contributed by atoms with Crippen LogP contribution in [0.15, 0.2) is 22.7 Å². The molecule has 1 aromatic rings. The smallest absolute Gasteiger partial charge is 0.124 e. The van der Waals surface area contributed by atoms with Gasteiger partial charge in [0.05, 0.1) is 13.2 Å². The maximum absolute atomic E-state index is 13.1. The molecular weight excluding hydrogens is 263 g/mol. The van der Waals surface area contributed by atoms with Gasteiger partial charge in [-0.2, -0.15) is 0 Å². The Labute approximate surface area is 96.9 Å². The summed E-state index contributed by atoms with van der Waals surface area (Å²) >= 11 is 3.20. The van der Waals surface area contributed by atoms with Crippen molar-refractivity contribution >= 4 is 15.9 Å². The van der Waals surface area contributed by atoms with Crippen molar-refractivity contribution in [3.05, 3.63) is 34.1 Å². The standard InChI is InChI=1S/C11H14BrFO2/c1-11(6-14,7-15)5-8-2-9(12)4-10(13)3-8/h2-4,14-15H,5-7H2,1H3. The minimum Gasteiger partial charge on any atom is -0.396 e. The van der Waals surface area contributed by atoms with E-state index in [-0.39, 0.29) is 19.0 Å². The molecule has 84 valence electrons. The third-order valence-electron chi connectivity index (χ3n) is 2.32. The molecule has 0 spiro atoms. The number of hydrogen-bond acceptors (Lipinski definition) is 2. The van der Waals surface area contributed by atoms with Crippen LogP contribution in [-0.2, 0) is 6.42 Å². The fraction of sp³-hybridized carbons (Fsp3) is 0.455. The summed E-state index contributed by atoms with van der Waals surface area (Å²) in [7, 11) is 0. The summed E-state index contributed by atoms with van der Waals surface area (Å²) in [6.07, 6.45) is 0.441. The van der Waals surface area contributed by atoms with E-state index in [1.807, 2.05) is 0 Å². The zero-order valence-corrected chi connectivity index (χ0v) is 10.1. The first-order valence-electron chi connectivity index (χ1n) is 4.66. The van der Waals surface area contributed by atoms with Gasteiger partial charge in [0.2, 0.25) is 0 Å². The molecule has 0 radical (unpaired) electrons. The van der Waals surface area contributed by atoms with Gasteiger partial charge >= 0.3 is 0 Å². The third-order valence-corrected chi connectivity index (χ3v) is 2.77. The lowest BCUT2D eigenvalue weighted by Gasteiger charge is -2.24. The topological polar surface area (TPSA) is 40.5 Å². The number of aliphatic hydroxyl groups is 2. The van der Waals surface area contributed by atoms with Gasteiger partial charge in [-0.25, -0.2) is 4.39 Å². The number of halogens is 2. The third kappa shape index (κ3) is 3.55. The van der Waals surface area contributed by atoms with E-state index in [9.17, 15) is 4.39 Å². The monoisotopic (exact) mass is 276 g/mol. The van der Waals surface area contributed by atoms with Crippen LogP contribution >= 0.6 is 15.9 Å². The molecule has 0 aliphatic carbocycles. The summed E-state index contributed by atoms with van der Waals surface area (Å²) in [6, 6.07) is 4.57. The Hall–Kier alpha value is -0.450. The Morgan fingerprint density at radius 3 is 2.33 bits per heavy atom. The molecule has 0 unspecified atom stereocenters. The highest BCUT2D eigenvalue weighted by atomic mass is 79.9. The van der Waals surface area contributed by atoms with Crippen molar-refractivity contribution in [1.82, 2.24) is 0 Å². The van der Waals surface area contributed by atoms with Crippen LogP contribution < -0.4 is 0 Å². The second kappa shape index (κ2) is 5.05. The highest BCUT2D eigenvalue weighted by Crippen LogP contribution is 2.24. The highest BCUT2D eigenvalue weighted by Gasteiger charge is 2.23. The van der Waals surface area contributed by atoms with Crippen LogP contribution in [0.5, 0.6) is 0 Å². The molecule has 2 nitrogen and oxygen atoms in total. The Balaban J connectivity index is 2.88. The molecule has 0 aromatic heterocycles. The summed E-state index contributed by atoms with van der Waals surface area (Å²) in [5, 5.41) is 18.2. The lowest BCUT2D eigenvalue weighted by Crippen LogP contribution is -2.28. The van der Waals surface area contributed by atoms with Gasteiger partial charge in [0.25, 0.3) is 0 Å². The molecule has 0 aliphatic rings. The van der Waals surface area contributed by atoms with Gasteiger partial charge in [0.15, 0.2) is 0 Å². The van der Waals surface area contributed by atoms with Gasteiger partial charge in [0.1, 0.15) is 5.82 Å². The van der Waals surface area contributed by atoms with Gasteiger partial charge in [-0.1, -0.05) is 22.9 Å². The van der Waals surface area contributed by atoms with E-state index in [4.69, 9.17) is 10.2 Å². The molecule has 1 rings (SSSR count). The maximum Gasteiger partial charge on any atom is 0.124 e. The molecule has 0 saturated carbocycles. The lowest BCUT2D eigenvalue weighted by molar-refractivity contribution is 0.0703. The van der Waals surface area contributed by atoms with Gasteiger partial charge in [-0.15, -0.1) is 0 Å². The Kier molecular flexibility index (Phi) is 4.25. The zero-order valence-electron chi connectivity index (χ0n) is 8.50. The van der Waals surface area contributed by atoms with Crippen LogP contribution in [0.2, 0.25) is 0 Å². The van der Waals surface area contributed by atoms with Crippen LogP contribution in [0, 0.1) is 11.2 Å². The molecule has 0 bridgehead atoms. The SMILES string of the molecule is CC(CO)(CO)Cc1cc(F)cc(Br)c1. The molecule has 0 fully saturated rings. The Morgan fingerprint density at radius 1 is 1.27 bits per heavy atom. The van der Waals surface area contributed by atoms with E-state index in [0.717, 1.165) is 5.56 Å². The van der Waals surface area contributed by atoms with Crippen molar-refractivity contribution in [1.29, 1.82) is 0 Å². The largest absolute Gasteiger partial charge is 0.396 e. The average molecular weight is 277 g/mol. The van der Waals surface area contributed by atoms with E-state index >= 15 is 0 Å². The fourth-order valence-electron chi connectivity index (χ4n) is 1.37. The molecule has 0 saturated heterocycles. The van der Waals surface area contributed by atoms with Crippen LogP contribution in [0.3, 0.4) is 0 Å². The lowest BCUT2D eigenvalue weighted by atomic mass is 9.85. The second-order valence-corrected chi connectivity index (χ2v) is 5.00. The van der Waals surface area contributed by atoms with Gasteiger partial charge in [-0.05, 0) is 30.2 Å². The molecule has 4 heteroatoms. The first kappa shape index (κ1) is 12.6. The van der Waals surface area contributed by atoms with E-state index in [1.165, 1.54) is 12.1 Å². The molecule has 0 amide bonds. The normalized spacial score (nSPS) is 11.8. The number of aliphatic hydroxyl groups excluding tert-OH is 2. The quantitative estimate of drug-likeness (QED) is 0.885. The van der Waals surface area contributed by atoms with Crippen LogP contribution in [0.25, 0.3) is 0 Å². The van der Waals surface area contributed by atoms with Crippen molar-refractivity contribution in [3.63, 3.8) is 0 Å². The summed E-state index contributed by atoms with van der Waals surface area (Å²) in [6.45, 7) is 1.50. The van der Waals surface area contributed by atoms with Crippen molar-refractivity contribution in [2.24, 2.45) is 5.41 Å². The summed E-state index contributed by atoms with van der Waals surface area (Å²) in [5.74, 6) is -0.322. The van der Waals surface area contributed by atoms with Crippen LogP contribution in [0.4, 0.5) is 4.39 Å². The number of rotatable bonds is 4. The summed E-state index contributed by atoms with van der Waals surface area (Å²) in [4.78, 5) is 0. The first-order chi connectivity index (χ1) is 6.99. The number of hydrogen-bond donors (Lipinski definition) is 2. The zero-order chi connectivity index (χ0) is 11.5. The Morgan fingerprint density at radius 2 is 1.87 bits per heavy atom. The van der Waals surface area contributed by atoms with Crippen molar-refractivity contribution < 1.29 is 14.6 Å².